The maximum absolute atomic E-state index is 12.1. The monoisotopic (exact) mass is 281 g/mol. The number of para-hydroxylation sites is 1. The first-order valence-electron chi connectivity index (χ1n) is 6.57. The molecule has 4 heteroatoms. The van der Waals surface area contributed by atoms with Gasteiger partial charge in [-0.05, 0) is 30.3 Å². The first-order valence-corrected chi connectivity index (χ1v) is 6.57. The third-order valence-electron chi connectivity index (χ3n) is 3.45. The molecule has 3 rings (SSSR count). The quantitative estimate of drug-likeness (QED) is 0.879. The second-order valence-corrected chi connectivity index (χ2v) is 4.67. The Morgan fingerprint density at radius 1 is 1.05 bits per heavy atom. The van der Waals surface area contributed by atoms with Crippen LogP contribution in [0.25, 0.3) is 11.6 Å². The maximum Gasteiger partial charge on any atom is 0.256 e. The number of methoxy groups -OCH3 is 2. The van der Waals surface area contributed by atoms with E-state index in [1.807, 2.05) is 48.5 Å². The van der Waals surface area contributed by atoms with Gasteiger partial charge < -0.3 is 14.8 Å². The second kappa shape index (κ2) is 5.32. The minimum atomic E-state index is -0.110. The van der Waals surface area contributed by atoms with Gasteiger partial charge in [0.25, 0.3) is 5.91 Å². The summed E-state index contributed by atoms with van der Waals surface area (Å²) in [5, 5.41) is 2.85. The molecular weight excluding hydrogens is 266 g/mol. The first kappa shape index (κ1) is 13.2. The lowest BCUT2D eigenvalue weighted by Crippen LogP contribution is -2.03. The fourth-order valence-electron chi connectivity index (χ4n) is 2.39. The zero-order valence-corrected chi connectivity index (χ0v) is 11.8. The largest absolute Gasteiger partial charge is 0.497 e. The summed E-state index contributed by atoms with van der Waals surface area (Å²) in [5.41, 5.74) is 3.15. The Kier molecular flexibility index (Phi) is 3.36. The van der Waals surface area contributed by atoms with E-state index >= 15 is 0 Å². The Bertz CT molecular complexity index is 735. The van der Waals surface area contributed by atoms with E-state index in [-0.39, 0.29) is 5.91 Å². The maximum atomic E-state index is 12.1. The van der Waals surface area contributed by atoms with Gasteiger partial charge in [0.1, 0.15) is 11.5 Å². The molecule has 1 heterocycles. The molecule has 0 saturated carbocycles. The van der Waals surface area contributed by atoms with Crippen molar-refractivity contribution in [2.45, 2.75) is 0 Å². The smallest absolute Gasteiger partial charge is 0.256 e. The molecule has 0 radical (unpaired) electrons. The molecular formula is C17H15NO3. The van der Waals surface area contributed by atoms with Crippen molar-refractivity contribution in [3.8, 4) is 11.5 Å². The summed E-state index contributed by atoms with van der Waals surface area (Å²) in [6.45, 7) is 0. The molecule has 0 atom stereocenters. The van der Waals surface area contributed by atoms with E-state index in [0.717, 1.165) is 16.8 Å². The van der Waals surface area contributed by atoms with Crippen molar-refractivity contribution in [1.29, 1.82) is 0 Å². The molecule has 106 valence electrons. The molecule has 0 aliphatic carbocycles. The van der Waals surface area contributed by atoms with Crippen LogP contribution in [0.5, 0.6) is 11.5 Å². The van der Waals surface area contributed by atoms with Crippen molar-refractivity contribution in [2.24, 2.45) is 0 Å². The summed E-state index contributed by atoms with van der Waals surface area (Å²) in [5.74, 6) is 1.30. The van der Waals surface area contributed by atoms with Gasteiger partial charge in [0.15, 0.2) is 0 Å². The van der Waals surface area contributed by atoms with Crippen LogP contribution in [0.3, 0.4) is 0 Å². The van der Waals surface area contributed by atoms with Gasteiger partial charge in [-0.1, -0.05) is 18.2 Å². The number of hydrogen-bond donors (Lipinski definition) is 1. The van der Waals surface area contributed by atoms with Crippen LogP contribution in [0, 0.1) is 0 Å². The Hall–Kier alpha value is -2.75. The van der Waals surface area contributed by atoms with Gasteiger partial charge in [-0.2, -0.15) is 0 Å². The number of anilines is 1. The van der Waals surface area contributed by atoms with E-state index in [4.69, 9.17) is 9.47 Å². The highest BCUT2D eigenvalue weighted by Crippen LogP contribution is 2.35. The topological polar surface area (TPSA) is 47.6 Å². The Morgan fingerprint density at radius 3 is 2.62 bits per heavy atom. The molecule has 0 saturated heterocycles. The van der Waals surface area contributed by atoms with E-state index < -0.39 is 0 Å². The lowest BCUT2D eigenvalue weighted by molar-refractivity contribution is -0.110. The molecule has 1 N–H and O–H groups in total. The van der Waals surface area contributed by atoms with Crippen LogP contribution in [0.1, 0.15) is 11.1 Å². The van der Waals surface area contributed by atoms with Gasteiger partial charge >= 0.3 is 0 Å². The normalized spacial score (nSPS) is 14.8. The number of ether oxygens (including phenoxy) is 2. The highest BCUT2D eigenvalue weighted by molar-refractivity contribution is 6.35. The summed E-state index contributed by atoms with van der Waals surface area (Å²) < 4.78 is 10.6. The van der Waals surface area contributed by atoms with Crippen LogP contribution in [-0.4, -0.2) is 20.1 Å². The predicted molar refractivity (Wildman–Crippen MR) is 82.5 cm³/mol. The van der Waals surface area contributed by atoms with Crippen molar-refractivity contribution >= 4 is 23.2 Å². The average Bonchev–Trinajstić information content (AvgIpc) is 2.83. The van der Waals surface area contributed by atoms with Gasteiger partial charge in [0.2, 0.25) is 0 Å². The zero-order chi connectivity index (χ0) is 14.8. The first-order chi connectivity index (χ1) is 10.2. The van der Waals surface area contributed by atoms with Crippen LogP contribution in [-0.2, 0) is 4.79 Å². The van der Waals surface area contributed by atoms with Crippen LogP contribution in [0.15, 0.2) is 42.5 Å². The Labute approximate surface area is 123 Å². The lowest BCUT2D eigenvalue weighted by Gasteiger charge is -2.08. The van der Waals surface area contributed by atoms with Crippen molar-refractivity contribution < 1.29 is 14.3 Å². The molecule has 0 bridgehead atoms. The predicted octanol–water partition coefficient (Wildman–Crippen LogP) is 3.20. The molecule has 0 spiro atoms. The minimum Gasteiger partial charge on any atom is -0.497 e. The summed E-state index contributed by atoms with van der Waals surface area (Å²) in [6, 6.07) is 13.1. The molecule has 1 amide bonds. The molecule has 2 aromatic carbocycles. The molecule has 4 nitrogen and oxygen atoms in total. The molecule has 21 heavy (non-hydrogen) atoms. The van der Waals surface area contributed by atoms with Crippen molar-refractivity contribution in [1.82, 2.24) is 0 Å². The second-order valence-electron chi connectivity index (χ2n) is 4.67. The highest BCUT2D eigenvalue weighted by Gasteiger charge is 2.23. The van der Waals surface area contributed by atoms with E-state index in [9.17, 15) is 4.79 Å². The average molecular weight is 281 g/mol. The fraction of sp³-hybridized carbons (Fsp3) is 0.118. The molecule has 0 aromatic heterocycles. The number of rotatable bonds is 3. The van der Waals surface area contributed by atoms with E-state index in [2.05, 4.69) is 5.32 Å². The summed E-state index contributed by atoms with van der Waals surface area (Å²) >= 11 is 0. The third-order valence-corrected chi connectivity index (χ3v) is 3.45. The van der Waals surface area contributed by atoms with Crippen LogP contribution in [0.2, 0.25) is 0 Å². The Morgan fingerprint density at radius 2 is 1.86 bits per heavy atom. The molecule has 1 aliphatic rings. The van der Waals surface area contributed by atoms with Crippen molar-refractivity contribution in [3.05, 3.63) is 53.6 Å². The van der Waals surface area contributed by atoms with Crippen LogP contribution < -0.4 is 14.8 Å². The van der Waals surface area contributed by atoms with Crippen LogP contribution in [0.4, 0.5) is 5.69 Å². The lowest BCUT2D eigenvalue weighted by atomic mass is 10.0. The van der Waals surface area contributed by atoms with Gasteiger partial charge in [0.05, 0.1) is 14.2 Å². The van der Waals surface area contributed by atoms with Crippen molar-refractivity contribution in [2.75, 3.05) is 19.5 Å². The number of carbonyl (C=O) groups is 1. The number of carbonyl (C=O) groups excluding carboxylic acids is 1. The molecule has 0 unspecified atom stereocenters. The molecule has 0 fully saturated rings. The van der Waals surface area contributed by atoms with Gasteiger partial charge in [-0.3, -0.25) is 4.79 Å². The number of nitrogens with one attached hydrogen (secondary N) is 1. The summed E-state index contributed by atoms with van der Waals surface area (Å²) in [7, 11) is 3.21. The fourth-order valence-corrected chi connectivity index (χ4v) is 2.39. The van der Waals surface area contributed by atoms with Crippen molar-refractivity contribution in [3.63, 3.8) is 0 Å². The number of hydrogen-bond acceptors (Lipinski definition) is 3. The van der Waals surface area contributed by atoms with Crippen LogP contribution >= 0.6 is 0 Å². The van der Waals surface area contributed by atoms with E-state index in [1.165, 1.54) is 0 Å². The number of benzene rings is 2. The van der Waals surface area contributed by atoms with E-state index in [0.29, 0.717) is 17.1 Å². The number of fused-ring (bicyclic) bond motifs is 1. The van der Waals surface area contributed by atoms with Gasteiger partial charge in [0, 0.05) is 22.4 Å². The van der Waals surface area contributed by atoms with E-state index in [1.54, 1.807) is 14.2 Å². The highest BCUT2D eigenvalue weighted by atomic mass is 16.5. The minimum absolute atomic E-state index is 0.110. The Balaban J connectivity index is 2.12. The SMILES string of the molecule is COc1ccc(OC)c(/C=C2/C(=O)Nc3ccccc32)c1. The summed E-state index contributed by atoms with van der Waals surface area (Å²) in [6.07, 6.45) is 1.82. The molecule has 2 aromatic rings. The van der Waals surface area contributed by atoms with Gasteiger partial charge in [-0.25, -0.2) is 0 Å². The van der Waals surface area contributed by atoms with Gasteiger partial charge in [-0.15, -0.1) is 0 Å². The zero-order valence-electron chi connectivity index (χ0n) is 11.8. The number of amides is 1. The molecule has 1 aliphatic heterocycles. The standard InChI is InChI=1S/C17H15NO3/c1-20-12-7-8-16(21-2)11(9-12)10-14-13-5-3-4-6-15(13)18-17(14)19/h3-10H,1-2H3,(H,18,19)/b14-10+. The third kappa shape index (κ3) is 2.36. The summed E-state index contributed by atoms with van der Waals surface area (Å²) in [4.78, 5) is 12.1.